The number of phosphoric acid groups is 1. The summed E-state index contributed by atoms with van der Waals surface area (Å²) >= 11 is 0. The first-order valence-corrected chi connectivity index (χ1v) is 23.5. The molecule has 0 spiro atoms. The molecule has 12 heteroatoms. The standard InChI is InChI=1S/C48H75O11P/c1-3-5-7-8-9-10-11-12-13-14-15-16-17-18-19-23-26-29-33-37-47(51)55-41-44(42-57-60(53,54)56-40-43(50)39-49)58-48(52)38-34-30-27-24-21-20-22-25-28-32-36-46-45(59-46)35-31-6-4-2/h5,7,9-10,12-13,15-16,18-20,22,24,26-29,32,43-46,49-50H,3-4,6,8,11,14,17,21,23,25,30-31,33-42H2,1-2H3,(H,53,54)/b7-5-,10-9-,13-12-,16-15-,19-18-,22-20-,27-24-,29-26-,32-28-/t43-,44+,45?,46?/m0/s1. The van der Waals surface area contributed by atoms with Crippen LogP contribution < -0.4 is 0 Å². The molecule has 1 saturated heterocycles. The Labute approximate surface area is 361 Å². The Bertz CT molecular complexity index is 1420. The van der Waals surface area contributed by atoms with E-state index in [0.717, 1.165) is 57.8 Å². The van der Waals surface area contributed by atoms with Gasteiger partial charge in [-0.1, -0.05) is 142 Å². The van der Waals surface area contributed by atoms with Crippen molar-refractivity contribution in [2.75, 3.05) is 26.4 Å². The molecular formula is C48H75O11P. The number of hydrogen-bond donors (Lipinski definition) is 3. The van der Waals surface area contributed by atoms with E-state index in [1.54, 1.807) is 0 Å². The summed E-state index contributed by atoms with van der Waals surface area (Å²) in [5.41, 5.74) is 0. The highest BCUT2D eigenvalue weighted by Crippen LogP contribution is 2.43. The normalized spacial score (nSPS) is 18.2. The molecule has 0 aromatic carbocycles. The predicted molar refractivity (Wildman–Crippen MR) is 241 cm³/mol. The SMILES string of the molecule is CC/C=C\C/C=C\C/C=C\C/C=C\C/C=C\C/C=C\CCC(=O)OC[C@H](COP(=O)(O)OC[C@@H](O)CO)OC(=O)CCC/C=C\C/C=C\C/C=C\CC1OC1CCCCC. The minimum Gasteiger partial charge on any atom is -0.462 e. The third kappa shape index (κ3) is 35.4. The number of ether oxygens (including phenoxy) is 3. The summed E-state index contributed by atoms with van der Waals surface area (Å²) in [5, 5.41) is 18.3. The Morgan fingerprint density at radius 2 is 1.13 bits per heavy atom. The third-order valence-corrected chi connectivity index (χ3v) is 9.80. The lowest BCUT2D eigenvalue weighted by Gasteiger charge is -2.20. The second-order valence-corrected chi connectivity index (χ2v) is 15.8. The lowest BCUT2D eigenvalue weighted by molar-refractivity contribution is -0.161. The number of rotatable bonds is 38. The summed E-state index contributed by atoms with van der Waals surface area (Å²) in [6, 6.07) is 0. The minimum atomic E-state index is -4.66. The zero-order chi connectivity index (χ0) is 43.8. The zero-order valence-electron chi connectivity index (χ0n) is 36.3. The fraction of sp³-hybridized carbons (Fsp3) is 0.583. The smallest absolute Gasteiger partial charge is 0.462 e. The molecule has 338 valence electrons. The molecule has 60 heavy (non-hydrogen) atoms. The number of esters is 2. The van der Waals surface area contributed by atoms with Crippen LogP contribution in [-0.2, 0) is 37.4 Å². The average molecular weight is 859 g/mol. The van der Waals surface area contributed by atoms with E-state index in [1.807, 2.05) is 24.3 Å². The Morgan fingerprint density at radius 3 is 1.68 bits per heavy atom. The fourth-order valence-corrected chi connectivity index (χ4v) is 6.19. The van der Waals surface area contributed by atoms with E-state index in [-0.39, 0.29) is 19.4 Å². The maximum atomic E-state index is 12.6. The van der Waals surface area contributed by atoms with Gasteiger partial charge in [-0.15, -0.1) is 0 Å². The fourth-order valence-electron chi connectivity index (χ4n) is 5.40. The van der Waals surface area contributed by atoms with Crippen LogP contribution in [0.4, 0.5) is 0 Å². The summed E-state index contributed by atoms with van der Waals surface area (Å²) in [6.45, 7) is 2.05. The van der Waals surface area contributed by atoms with Crippen molar-refractivity contribution in [2.45, 2.75) is 154 Å². The Kier molecular flexibility index (Phi) is 35.0. The van der Waals surface area contributed by atoms with Gasteiger partial charge in [-0.2, -0.15) is 0 Å². The molecule has 0 amide bonds. The first-order chi connectivity index (χ1) is 29.2. The van der Waals surface area contributed by atoms with E-state index < -0.39 is 51.8 Å². The van der Waals surface area contributed by atoms with Gasteiger partial charge in [0, 0.05) is 12.8 Å². The minimum absolute atomic E-state index is 0.0816. The monoisotopic (exact) mass is 859 g/mol. The number of epoxide rings is 1. The molecular weight excluding hydrogens is 783 g/mol. The Morgan fingerprint density at radius 1 is 0.617 bits per heavy atom. The van der Waals surface area contributed by atoms with Crippen LogP contribution in [0.1, 0.15) is 129 Å². The third-order valence-electron chi connectivity index (χ3n) is 8.85. The van der Waals surface area contributed by atoms with Crippen LogP contribution in [0.5, 0.6) is 0 Å². The molecule has 0 bridgehead atoms. The second-order valence-electron chi connectivity index (χ2n) is 14.4. The van der Waals surface area contributed by atoms with E-state index >= 15 is 0 Å². The second kappa shape index (κ2) is 38.5. The maximum Gasteiger partial charge on any atom is 0.472 e. The van der Waals surface area contributed by atoms with Crippen LogP contribution in [0.25, 0.3) is 0 Å². The van der Waals surface area contributed by atoms with E-state index in [4.69, 9.17) is 23.8 Å². The highest BCUT2D eigenvalue weighted by molar-refractivity contribution is 7.47. The summed E-state index contributed by atoms with van der Waals surface area (Å²) < 4.78 is 38.3. The van der Waals surface area contributed by atoms with Gasteiger partial charge in [0.05, 0.1) is 32.0 Å². The number of hydrogen-bond acceptors (Lipinski definition) is 10. The maximum absolute atomic E-state index is 12.6. The summed E-state index contributed by atoms with van der Waals surface area (Å²) in [5.74, 6) is -1.11. The quantitative estimate of drug-likeness (QED) is 0.0178. The molecule has 0 saturated carbocycles. The van der Waals surface area contributed by atoms with E-state index in [9.17, 15) is 24.2 Å². The molecule has 3 unspecified atom stereocenters. The summed E-state index contributed by atoms with van der Waals surface area (Å²) in [6.07, 6.45) is 51.1. The molecule has 0 aromatic rings. The molecule has 0 aromatic heterocycles. The topological polar surface area (TPSA) is 161 Å². The van der Waals surface area contributed by atoms with Crippen LogP contribution in [0.3, 0.4) is 0 Å². The average Bonchev–Trinajstić information content (AvgIpc) is 3.99. The van der Waals surface area contributed by atoms with Crippen molar-refractivity contribution in [3.05, 3.63) is 109 Å². The molecule has 1 aliphatic heterocycles. The number of carbonyl (C=O) groups is 2. The van der Waals surface area contributed by atoms with Gasteiger partial charge >= 0.3 is 19.8 Å². The van der Waals surface area contributed by atoms with Gasteiger partial charge in [-0.3, -0.25) is 18.6 Å². The van der Waals surface area contributed by atoms with Gasteiger partial charge < -0.3 is 29.3 Å². The number of unbranched alkanes of at least 4 members (excludes halogenated alkanes) is 3. The van der Waals surface area contributed by atoms with Gasteiger partial charge in [0.25, 0.3) is 0 Å². The van der Waals surface area contributed by atoms with E-state index in [0.29, 0.717) is 31.5 Å². The molecule has 3 N–H and O–H groups in total. The molecule has 5 atom stereocenters. The van der Waals surface area contributed by atoms with E-state index in [2.05, 4.69) is 103 Å². The lowest BCUT2D eigenvalue weighted by atomic mass is 10.1. The van der Waals surface area contributed by atoms with Crippen molar-refractivity contribution < 1.29 is 52.5 Å². The van der Waals surface area contributed by atoms with Crippen molar-refractivity contribution in [3.63, 3.8) is 0 Å². The number of aliphatic hydroxyl groups excluding tert-OH is 2. The molecule has 0 radical (unpaired) electrons. The number of carbonyl (C=O) groups excluding carboxylic acids is 2. The van der Waals surface area contributed by atoms with Crippen molar-refractivity contribution in [1.29, 1.82) is 0 Å². The predicted octanol–water partition coefficient (Wildman–Crippen LogP) is 10.8. The number of phosphoric ester groups is 1. The van der Waals surface area contributed by atoms with Gasteiger partial charge in [0.1, 0.15) is 12.7 Å². The van der Waals surface area contributed by atoms with Crippen molar-refractivity contribution in [1.82, 2.24) is 0 Å². The van der Waals surface area contributed by atoms with Gasteiger partial charge in [0.2, 0.25) is 0 Å². The van der Waals surface area contributed by atoms with Gasteiger partial charge in [0.15, 0.2) is 6.10 Å². The molecule has 1 rings (SSSR count). The Balaban J connectivity index is 2.35. The highest BCUT2D eigenvalue weighted by atomic mass is 31.2. The van der Waals surface area contributed by atoms with Crippen LogP contribution in [0, 0.1) is 0 Å². The lowest BCUT2D eigenvalue weighted by Crippen LogP contribution is -2.29. The molecule has 1 heterocycles. The van der Waals surface area contributed by atoms with Gasteiger partial charge in [-0.05, 0) is 83.5 Å². The van der Waals surface area contributed by atoms with Crippen LogP contribution in [-0.4, -0.2) is 77.9 Å². The first kappa shape index (κ1) is 54.6. The Hall–Kier alpha value is -3.41. The summed E-state index contributed by atoms with van der Waals surface area (Å²) in [7, 11) is -4.66. The first-order valence-electron chi connectivity index (χ1n) is 22.0. The van der Waals surface area contributed by atoms with E-state index in [1.165, 1.54) is 25.7 Å². The van der Waals surface area contributed by atoms with Crippen LogP contribution in [0.15, 0.2) is 109 Å². The molecule has 0 aliphatic carbocycles. The van der Waals surface area contributed by atoms with Gasteiger partial charge in [-0.25, -0.2) is 4.57 Å². The zero-order valence-corrected chi connectivity index (χ0v) is 37.2. The highest BCUT2D eigenvalue weighted by Gasteiger charge is 2.36. The summed E-state index contributed by atoms with van der Waals surface area (Å²) in [4.78, 5) is 35.0. The van der Waals surface area contributed by atoms with Crippen molar-refractivity contribution in [2.24, 2.45) is 0 Å². The van der Waals surface area contributed by atoms with Crippen molar-refractivity contribution >= 4 is 19.8 Å². The molecule has 1 aliphatic rings. The largest absolute Gasteiger partial charge is 0.472 e. The molecule has 11 nitrogen and oxygen atoms in total. The van der Waals surface area contributed by atoms with Crippen LogP contribution in [0.2, 0.25) is 0 Å². The van der Waals surface area contributed by atoms with Crippen molar-refractivity contribution in [3.8, 4) is 0 Å². The van der Waals surface area contributed by atoms with Crippen LogP contribution >= 0.6 is 7.82 Å². The number of allylic oxidation sites excluding steroid dienone is 17. The number of aliphatic hydroxyl groups is 2. The molecule has 1 fully saturated rings.